The van der Waals surface area contributed by atoms with Crippen molar-refractivity contribution in [2.75, 3.05) is 0 Å². The lowest BCUT2D eigenvalue weighted by atomic mass is 9.77. The summed E-state index contributed by atoms with van der Waals surface area (Å²) < 4.78 is 3.77. The minimum atomic E-state index is -0.857. The van der Waals surface area contributed by atoms with Crippen LogP contribution in [-0.4, -0.2) is 35.9 Å². The number of hydrogen-bond donors (Lipinski definition) is 0. The smallest absolute Gasteiger partial charge is 0.245 e. The van der Waals surface area contributed by atoms with Crippen LogP contribution in [0, 0.1) is 0 Å². The maximum atomic E-state index is 11.8. The number of aryl methyl sites for hydroxylation is 1. The molecule has 0 bridgehead atoms. The Bertz CT molecular complexity index is 2130. The van der Waals surface area contributed by atoms with Crippen LogP contribution in [0.2, 0.25) is 0 Å². The summed E-state index contributed by atoms with van der Waals surface area (Å²) in [6.45, 7) is 4.02. The molecule has 0 aliphatic rings. The fraction of sp³-hybridized carbons (Fsp3) is 0.128. The predicted octanol–water partition coefficient (Wildman–Crippen LogP) is 7.16. The molecule has 0 saturated carbocycles. The van der Waals surface area contributed by atoms with Crippen LogP contribution in [0.3, 0.4) is 0 Å². The standard InChI is InChI=1S/C39H33N7OS/c1-3-36-42-45(38(48-36)40-28(2)47)27-29-23-25-30(26-24-29)34-21-13-14-22-35(34)37-41-43-44-46(37)39(31-15-7-4-8-16-31,32-17-9-5-10-18-32)33-19-11-6-12-20-33/h4-26H,3,27H2,1-2H3. The van der Waals surface area contributed by atoms with Crippen molar-refractivity contribution in [1.29, 1.82) is 0 Å². The number of benzene rings is 5. The van der Waals surface area contributed by atoms with Crippen LogP contribution in [-0.2, 0) is 23.3 Å². The first-order chi connectivity index (χ1) is 23.6. The molecule has 48 heavy (non-hydrogen) atoms. The average molecular weight is 648 g/mol. The van der Waals surface area contributed by atoms with Crippen molar-refractivity contribution in [3.8, 4) is 22.5 Å². The van der Waals surface area contributed by atoms with Crippen LogP contribution in [0.5, 0.6) is 0 Å². The van der Waals surface area contributed by atoms with Gasteiger partial charge in [-0.3, -0.25) is 4.79 Å². The fourth-order valence-corrected chi connectivity index (χ4v) is 7.07. The van der Waals surface area contributed by atoms with Crippen molar-refractivity contribution < 1.29 is 4.79 Å². The van der Waals surface area contributed by atoms with Gasteiger partial charge in [-0.2, -0.15) is 10.1 Å². The van der Waals surface area contributed by atoms with Gasteiger partial charge in [0.1, 0.15) is 10.5 Å². The molecule has 0 fully saturated rings. The van der Waals surface area contributed by atoms with E-state index in [0.29, 0.717) is 17.2 Å². The van der Waals surface area contributed by atoms with Crippen molar-refractivity contribution in [2.24, 2.45) is 4.99 Å². The molecule has 0 saturated heterocycles. The predicted molar refractivity (Wildman–Crippen MR) is 188 cm³/mol. The minimum absolute atomic E-state index is 0.236. The van der Waals surface area contributed by atoms with E-state index in [1.807, 2.05) is 41.9 Å². The summed E-state index contributed by atoms with van der Waals surface area (Å²) in [5.74, 6) is 0.409. The average Bonchev–Trinajstić information content (AvgIpc) is 3.77. The van der Waals surface area contributed by atoms with E-state index in [9.17, 15) is 4.79 Å². The van der Waals surface area contributed by atoms with E-state index >= 15 is 0 Å². The van der Waals surface area contributed by atoms with Gasteiger partial charge in [0.05, 0.1) is 6.54 Å². The van der Waals surface area contributed by atoms with Crippen LogP contribution < -0.4 is 4.80 Å². The number of tetrazole rings is 1. The molecule has 9 heteroatoms. The van der Waals surface area contributed by atoms with E-state index in [2.05, 4.69) is 130 Å². The first-order valence-corrected chi connectivity index (χ1v) is 16.7. The lowest BCUT2D eigenvalue weighted by molar-refractivity contribution is -0.116. The van der Waals surface area contributed by atoms with Crippen LogP contribution in [0.4, 0.5) is 0 Å². The lowest BCUT2D eigenvalue weighted by Gasteiger charge is -2.36. The molecule has 236 valence electrons. The highest BCUT2D eigenvalue weighted by Gasteiger charge is 2.42. The third-order valence-corrected chi connectivity index (χ3v) is 9.44. The highest BCUT2D eigenvalue weighted by atomic mass is 32.1. The molecule has 0 aliphatic carbocycles. The van der Waals surface area contributed by atoms with Gasteiger partial charge >= 0.3 is 0 Å². The van der Waals surface area contributed by atoms with Crippen LogP contribution in [0.1, 0.15) is 41.1 Å². The number of hydrogen-bond acceptors (Lipinski definition) is 6. The summed E-state index contributed by atoms with van der Waals surface area (Å²) >= 11 is 1.45. The first kappa shape index (κ1) is 30.8. The molecule has 0 unspecified atom stereocenters. The second-order valence-electron chi connectivity index (χ2n) is 11.4. The van der Waals surface area contributed by atoms with Gasteiger partial charge in [-0.15, -0.1) is 5.10 Å². The number of rotatable bonds is 9. The Morgan fingerprint density at radius 2 is 1.27 bits per heavy atom. The van der Waals surface area contributed by atoms with E-state index in [1.165, 1.54) is 18.3 Å². The van der Waals surface area contributed by atoms with E-state index in [4.69, 9.17) is 5.21 Å². The number of nitrogens with zero attached hydrogens (tertiary/aromatic N) is 7. The van der Waals surface area contributed by atoms with Crippen molar-refractivity contribution in [1.82, 2.24) is 30.0 Å². The summed E-state index contributed by atoms with van der Waals surface area (Å²) in [5.41, 5.74) is 6.26. The highest BCUT2D eigenvalue weighted by molar-refractivity contribution is 7.08. The molecule has 1 amide bonds. The second kappa shape index (κ2) is 13.5. The third-order valence-electron chi connectivity index (χ3n) is 8.34. The molecule has 7 rings (SSSR count). The molecule has 8 nitrogen and oxygen atoms in total. The maximum absolute atomic E-state index is 11.8. The molecule has 2 heterocycles. The highest BCUT2D eigenvalue weighted by Crippen LogP contribution is 2.43. The molecule has 7 aromatic rings. The monoisotopic (exact) mass is 647 g/mol. The van der Waals surface area contributed by atoms with Gasteiger partial charge in [-0.1, -0.05) is 158 Å². The Morgan fingerprint density at radius 1 is 0.729 bits per heavy atom. The van der Waals surface area contributed by atoms with E-state index in [1.54, 1.807) is 4.68 Å². The summed E-state index contributed by atoms with van der Waals surface area (Å²) in [6.07, 6.45) is 0.785. The van der Waals surface area contributed by atoms with Crippen molar-refractivity contribution in [3.05, 3.63) is 172 Å². The molecule has 0 aliphatic heterocycles. The number of carbonyl (C=O) groups is 1. The zero-order valence-electron chi connectivity index (χ0n) is 26.6. The molecule has 2 aromatic heterocycles. The maximum Gasteiger partial charge on any atom is 0.245 e. The lowest BCUT2D eigenvalue weighted by Crippen LogP contribution is -2.39. The van der Waals surface area contributed by atoms with Crippen molar-refractivity contribution in [3.63, 3.8) is 0 Å². The normalized spacial score (nSPS) is 11.9. The zero-order valence-corrected chi connectivity index (χ0v) is 27.5. The van der Waals surface area contributed by atoms with Gasteiger partial charge in [-0.25, -0.2) is 9.36 Å². The molecule has 0 atom stereocenters. The molecule has 0 N–H and O–H groups in total. The SMILES string of the molecule is CCc1nn(Cc2ccc(-c3ccccc3-c3nnnn3C(c3ccccc3)(c3ccccc3)c3ccccc3)cc2)c(=NC(C)=O)s1. The van der Waals surface area contributed by atoms with Gasteiger partial charge in [0, 0.05) is 12.5 Å². The van der Waals surface area contributed by atoms with Crippen LogP contribution in [0.15, 0.2) is 145 Å². The van der Waals surface area contributed by atoms with Crippen molar-refractivity contribution in [2.45, 2.75) is 32.4 Å². The van der Waals surface area contributed by atoms with Gasteiger partial charge in [0.2, 0.25) is 10.7 Å². The molecular weight excluding hydrogens is 615 g/mol. The fourth-order valence-electron chi connectivity index (χ4n) is 6.20. The van der Waals surface area contributed by atoms with E-state index in [-0.39, 0.29) is 5.91 Å². The Morgan fingerprint density at radius 3 is 1.81 bits per heavy atom. The third kappa shape index (κ3) is 5.80. The summed E-state index contributed by atoms with van der Waals surface area (Å²) in [5, 5.41) is 19.3. The van der Waals surface area contributed by atoms with E-state index < -0.39 is 5.54 Å². The van der Waals surface area contributed by atoms with E-state index in [0.717, 1.165) is 50.4 Å². The Hall–Kier alpha value is -5.80. The summed E-state index contributed by atoms with van der Waals surface area (Å²) in [4.78, 5) is 16.5. The Labute approximate surface area is 282 Å². The second-order valence-corrected chi connectivity index (χ2v) is 12.4. The summed E-state index contributed by atoms with van der Waals surface area (Å²) in [7, 11) is 0. The Kier molecular flexibility index (Phi) is 8.68. The molecular formula is C39H33N7OS. The number of aromatic nitrogens is 6. The first-order valence-electron chi connectivity index (χ1n) is 15.8. The van der Waals surface area contributed by atoms with Gasteiger partial charge in [0.25, 0.3) is 0 Å². The van der Waals surface area contributed by atoms with Gasteiger partial charge in [0.15, 0.2) is 5.82 Å². The molecule has 0 spiro atoms. The Balaban J connectivity index is 1.35. The van der Waals surface area contributed by atoms with Crippen LogP contribution >= 0.6 is 11.3 Å². The molecule has 5 aromatic carbocycles. The van der Waals surface area contributed by atoms with Gasteiger partial charge in [-0.05, 0) is 50.2 Å². The summed E-state index contributed by atoms with van der Waals surface area (Å²) in [6, 6.07) is 47.8. The number of carbonyl (C=O) groups excluding carboxylic acids is 1. The van der Waals surface area contributed by atoms with Crippen molar-refractivity contribution >= 4 is 17.2 Å². The zero-order chi connectivity index (χ0) is 32.9. The topological polar surface area (TPSA) is 90.8 Å². The van der Waals surface area contributed by atoms with Crippen LogP contribution in [0.25, 0.3) is 22.5 Å². The molecule has 0 radical (unpaired) electrons. The quantitative estimate of drug-likeness (QED) is 0.155. The number of amides is 1. The van der Waals surface area contributed by atoms with Gasteiger partial charge < -0.3 is 0 Å². The minimum Gasteiger partial charge on any atom is -0.273 e. The largest absolute Gasteiger partial charge is 0.273 e.